The van der Waals surface area contributed by atoms with E-state index in [1.807, 2.05) is 0 Å². The number of hydrogen-bond acceptors (Lipinski definition) is 3. The van der Waals surface area contributed by atoms with E-state index >= 15 is 0 Å². The van der Waals surface area contributed by atoms with Crippen molar-refractivity contribution >= 4 is 27.3 Å². The predicted molar refractivity (Wildman–Crippen MR) is 58.9 cm³/mol. The molecule has 0 aliphatic carbocycles. The van der Waals surface area contributed by atoms with E-state index in [2.05, 4.69) is 15.9 Å². The minimum Gasteiger partial charge on any atom is -0.397 e. The van der Waals surface area contributed by atoms with Gasteiger partial charge in [0, 0.05) is 19.7 Å². The highest BCUT2D eigenvalue weighted by Gasteiger charge is 2.09. The molecule has 0 bridgehead atoms. The zero-order valence-corrected chi connectivity index (χ0v) is 9.38. The van der Waals surface area contributed by atoms with E-state index in [0.29, 0.717) is 22.4 Å². The summed E-state index contributed by atoms with van der Waals surface area (Å²) in [6.07, 6.45) is 0. The van der Waals surface area contributed by atoms with Crippen molar-refractivity contribution in [1.82, 2.24) is 0 Å². The van der Waals surface area contributed by atoms with Crippen molar-refractivity contribution in [3.05, 3.63) is 22.4 Å². The van der Waals surface area contributed by atoms with Crippen LogP contribution in [0.2, 0.25) is 0 Å². The Balaban J connectivity index is 3.02. The van der Waals surface area contributed by atoms with Crippen molar-refractivity contribution in [1.29, 1.82) is 0 Å². The topological polar surface area (TPSA) is 49.5 Å². The molecule has 0 aromatic heterocycles. The molecule has 0 atom stereocenters. The van der Waals surface area contributed by atoms with Crippen LogP contribution in [0.3, 0.4) is 0 Å². The first-order chi connectivity index (χ1) is 6.56. The molecular weight excluding hydrogens is 251 g/mol. The first kappa shape index (κ1) is 11.3. The Morgan fingerprint density at radius 3 is 2.79 bits per heavy atom. The van der Waals surface area contributed by atoms with Crippen LogP contribution in [0.15, 0.2) is 16.6 Å². The third-order valence-electron chi connectivity index (χ3n) is 1.92. The zero-order valence-electron chi connectivity index (χ0n) is 7.80. The standard InChI is InChI=1S/C9H12BrFN2O/c1-13(2-3-14)9-5-7(11)6(10)4-8(9)12/h4-5,14H,2-3,12H2,1H3. The molecule has 5 heteroatoms. The van der Waals surface area contributed by atoms with Gasteiger partial charge in [-0.3, -0.25) is 0 Å². The van der Waals surface area contributed by atoms with Crippen molar-refractivity contribution in [2.24, 2.45) is 0 Å². The number of rotatable bonds is 3. The van der Waals surface area contributed by atoms with Gasteiger partial charge in [0.15, 0.2) is 0 Å². The van der Waals surface area contributed by atoms with Crippen molar-refractivity contribution in [3.8, 4) is 0 Å². The lowest BCUT2D eigenvalue weighted by atomic mass is 10.2. The van der Waals surface area contributed by atoms with Gasteiger partial charge in [0.1, 0.15) is 5.82 Å². The zero-order chi connectivity index (χ0) is 10.7. The van der Waals surface area contributed by atoms with Gasteiger partial charge in [-0.2, -0.15) is 0 Å². The summed E-state index contributed by atoms with van der Waals surface area (Å²) < 4.78 is 13.5. The van der Waals surface area contributed by atoms with E-state index in [1.54, 1.807) is 11.9 Å². The minimum absolute atomic E-state index is 0.00756. The van der Waals surface area contributed by atoms with Crippen LogP contribution < -0.4 is 10.6 Å². The number of anilines is 2. The van der Waals surface area contributed by atoms with Gasteiger partial charge in [0.05, 0.1) is 22.5 Å². The Bertz CT molecular complexity index is 333. The quantitative estimate of drug-likeness (QED) is 0.814. The van der Waals surface area contributed by atoms with Crippen LogP contribution in [0.4, 0.5) is 15.8 Å². The van der Waals surface area contributed by atoms with E-state index in [-0.39, 0.29) is 12.4 Å². The SMILES string of the molecule is CN(CCO)c1cc(F)c(Br)cc1N. The summed E-state index contributed by atoms with van der Waals surface area (Å²) in [5.74, 6) is -0.362. The highest BCUT2D eigenvalue weighted by atomic mass is 79.9. The van der Waals surface area contributed by atoms with Crippen molar-refractivity contribution < 1.29 is 9.50 Å². The average molecular weight is 263 g/mol. The molecule has 14 heavy (non-hydrogen) atoms. The molecule has 3 N–H and O–H groups in total. The second-order valence-electron chi connectivity index (χ2n) is 2.97. The van der Waals surface area contributed by atoms with Crippen molar-refractivity contribution in [2.45, 2.75) is 0 Å². The molecule has 3 nitrogen and oxygen atoms in total. The van der Waals surface area contributed by atoms with Crippen LogP contribution in [-0.2, 0) is 0 Å². The molecule has 0 unspecified atom stereocenters. The highest BCUT2D eigenvalue weighted by molar-refractivity contribution is 9.10. The van der Waals surface area contributed by atoms with Gasteiger partial charge >= 0.3 is 0 Å². The first-order valence-electron chi connectivity index (χ1n) is 4.12. The molecule has 0 spiro atoms. The number of halogens is 2. The molecular formula is C9H12BrFN2O. The Labute approximate surface area is 90.5 Å². The third-order valence-corrected chi connectivity index (χ3v) is 2.52. The summed E-state index contributed by atoms with van der Waals surface area (Å²) in [7, 11) is 1.75. The largest absolute Gasteiger partial charge is 0.397 e. The van der Waals surface area contributed by atoms with E-state index < -0.39 is 0 Å². The summed E-state index contributed by atoms with van der Waals surface area (Å²) in [6.45, 7) is 0.429. The van der Waals surface area contributed by atoms with Gasteiger partial charge in [0.25, 0.3) is 0 Å². The van der Waals surface area contributed by atoms with Crippen molar-refractivity contribution in [2.75, 3.05) is 30.8 Å². The highest BCUT2D eigenvalue weighted by Crippen LogP contribution is 2.28. The van der Waals surface area contributed by atoms with Gasteiger partial charge in [-0.1, -0.05) is 0 Å². The molecule has 0 aliphatic rings. The maximum absolute atomic E-state index is 13.2. The molecule has 0 saturated carbocycles. The summed E-state index contributed by atoms with van der Waals surface area (Å²) >= 11 is 3.05. The lowest BCUT2D eigenvalue weighted by molar-refractivity contribution is 0.304. The van der Waals surface area contributed by atoms with Gasteiger partial charge < -0.3 is 15.7 Å². The smallest absolute Gasteiger partial charge is 0.139 e. The Morgan fingerprint density at radius 1 is 1.57 bits per heavy atom. The maximum atomic E-state index is 13.2. The van der Waals surface area contributed by atoms with Gasteiger partial charge in [-0.25, -0.2) is 4.39 Å². The molecule has 1 rings (SSSR count). The average Bonchev–Trinajstić information content (AvgIpc) is 2.11. The molecule has 0 amide bonds. The van der Waals surface area contributed by atoms with Crippen LogP contribution in [0.1, 0.15) is 0 Å². The summed E-state index contributed by atoms with van der Waals surface area (Å²) in [5, 5.41) is 8.73. The molecule has 0 fully saturated rings. The summed E-state index contributed by atoms with van der Waals surface area (Å²) in [5.41, 5.74) is 6.77. The number of aliphatic hydroxyl groups excluding tert-OH is 1. The third kappa shape index (κ3) is 2.36. The number of benzene rings is 1. The fraction of sp³-hybridized carbons (Fsp3) is 0.333. The fourth-order valence-corrected chi connectivity index (χ4v) is 1.51. The molecule has 0 saturated heterocycles. The lowest BCUT2D eigenvalue weighted by Crippen LogP contribution is -2.22. The molecule has 0 aliphatic heterocycles. The molecule has 1 aromatic rings. The summed E-state index contributed by atoms with van der Waals surface area (Å²) in [6, 6.07) is 2.85. The lowest BCUT2D eigenvalue weighted by Gasteiger charge is -2.20. The Hall–Kier alpha value is -0.810. The number of aliphatic hydroxyl groups is 1. The molecule has 0 heterocycles. The number of likely N-dealkylation sites (N-methyl/N-ethyl adjacent to an activating group) is 1. The van der Waals surface area contributed by atoms with Crippen LogP contribution in [0.5, 0.6) is 0 Å². The van der Waals surface area contributed by atoms with E-state index in [0.717, 1.165) is 0 Å². The van der Waals surface area contributed by atoms with Crippen LogP contribution in [0.25, 0.3) is 0 Å². The van der Waals surface area contributed by atoms with Gasteiger partial charge in [0.2, 0.25) is 0 Å². The second kappa shape index (κ2) is 4.61. The Kier molecular flexibility index (Phi) is 3.71. The molecule has 0 radical (unpaired) electrons. The first-order valence-corrected chi connectivity index (χ1v) is 4.92. The number of nitrogens with zero attached hydrogens (tertiary/aromatic N) is 1. The molecule has 1 aromatic carbocycles. The van der Waals surface area contributed by atoms with Crippen LogP contribution >= 0.6 is 15.9 Å². The number of nitrogen functional groups attached to an aromatic ring is 1. The number of hydrogen-bond donors (Lipinski definition) is 2. The van der Waals surface area contributed by atoms with E-state index in [1.165, 1.54) is 12.1 Å². The number of nitrogens with two attached hydrogens (primary N) is 1. The van der Waals surface area contributed by atoms with Crippen molar-refractivity contribution in [3.63, 3.8) is 0 Å². The van der Waals surface area contributed by atoms with E-state index in [9.17, 15) is 4.39 Å². The second-order valence-corrected chi connectivity index (χ2v) is 3.82. The fourth-order valence-electron chi connectivity index (χ4n) is 1.15. The monoisotopic (exact) mass is 262 g/mol. The summed E-state index contributed by atoms with van der Waals surface area (Å²) in [4.78, 5) is 1.70. The van der Waals surface area contributed by atoms with Gasteiger partial charge in [-0.15, -0.1) is 0 Å². The normalized spacial score (nSPS) is 10.3. The molecule has 78 valence electrons. The maximum Gasteiger partial charge on any atom is 0.139 e. The van der Waals surface area contributed by atoms with Crippen LogP contribution in [0, 0.1) is 5.82 Å². The minimum atomic E-state index is -0.362. The van der Waals surface area contributed by atoms with Gasteiger partial charge in [-0.05, 0) is 22.0 Å². The predicted octanol–water partition coefficient (Wildman–Crippen LogP) is 1.60. The Morgan fingerprint density at radius 2 is 2.21 bits per heavy atom. The van der Waals surface area contributed by atoms with Crippen LogP contribution in [-0.4, -0.2) is 25.3 Å². The van der Waals surface area contributed by atoms with E-state index in [4.69, 9.17) is 10.8 Å².